The molecule has 1 aromatic rings. The van der Waals surface area contributed by atoms with E-state index >= 15 is 0 Å². The van der Waals surface area contributed by atoms with Crippen molar-refractivity contribution < 1.29 is 4.74 Å². The van der Waals surface area contributed by atoms with E-state index < -0.39 is 0 Å². The minimum absolute atomic E-state index is 0.118. The third-order valence-electron chi connectivity index (χ3n) is 2.11. The van der Waals surface area contributed by atoms with E-state index in [4.69, 9.17) is 27.9 Å². The molecule has 0 saturated heterocycles. The Balaban J connectivity index is 2.23. The Morgan fingerprint density at radius 3 is 2.50 bits per heavy atom. The van der Waals surface area contributed by atoms with Crippen LogP contribution in [0.15, 0.2) is 34.3 Å². The van der Waals surface area contributed by atoms with Gasteiger partial charge in [-0.15, -0.1) is 0 Å². The first-order valence-electron chi connectivity index (χ1n) is 4.58. The van der Waals surface area contributed by atoms with Gasteiger partial charge in [-0.3, -0.25) is 0 Å². The van der Waals surface area contributed by atoms with E-state index in [0.717, 1.165) is 10.0 Å². The summed E-state index contributed by atoms with van der Waals surface area (Å²) in [6.07, 6.45) is -0.118. The zero-order chi connectivity index (χ0) is 11.7. The Bertz CT molecular complexity index is 453. The number of aliphatic imine (C=N–C) groups is 1. The maximum atomic E-state index is 5.91. The van der Waals surface area contributed by atoms with Crippen LogP contribution < -0.4 is 0 Å². The van der Waals surface area contributed by atoms with Gasteiger partial charge < -0.3 is 4.74 Å². The van der Waals surface area contributed by atoms with Gasteiger partial charge in [-0.25, -0.2) is 4.99 Å². The molecule has 1 aliphatic heterocycles. The predicted molar refractivity (Wildman–Crippen MR) is 70.8 cm³/mol. The zero-order valence-corrected chi connectivity index (χ0v) is 11.3. The van der Waals surface area contributed by atoms with Crippen molar-refractivity contribution in [2.75, 3.05) is 6.54 Å². The Hall–Kier alpha value is -0.510. The van der Waals surface area contributed by atoms with Crippen molar-refractivity contribution in [3.05, 3.63) is 44.9 Å². The Kier molecular flexibility index (Phi) is 3.57. The summed E-state index contributed by atoms with van der Waals surface area (Å²) in [4.78, 5) is 4.28. The molecule has 0 spiro atoms. The topological polar surface area (TPSA) is 21.6 Å². The van der Waals surface area contributed by atoms with Crippen molar-refractivity contribution in [1.82, 2.24) is 0 Å². The van der Waals surface area contributed by atoms with Gasteiger partial charge in [-0.1, -0.05) is 45.7 Å². The number of hydrogen-bond acceptors (Lipinski definition) is 2. The number of hydrogen-bond donors (Lipinski definition) is 0. The van der Waals surface area contributed by atoms with E-state index in [-0.39, 0.29) is 6.10 Å². The molecule has 2 nitrogen and oxygen atoms in total. The minimum Gasteiger partial charge on any atom is -0.467 e. The zero-order valence-electron chi connectivity index (χ0n) is 8.21. The van der Waals surface area contributed by atoms with Gasteiger partial charge in [0.15, 0.2) is 6.10 Å². The molecular formula is C11H8BrCl2NO. The highest BCUT2D eigenvalue weighted by atomic mass is 79.9. The first kappa shape index (κ1) is 12.0. The summed E-state index contributed by atoms with van der Waals surface area (Å²) in [5.41, 5.74) is 0.786. The van der Waals surface area contributed by atoms with E-state index in [1.165, 1.54) is 0 Å². The summed E-state index contributed by atoms with van der Waals surface area (Å²) in [6, 6.07) is 5.21. The fraction of sp³-hybridized carbons (Fsp3) is 0.182. The maximum Gasteiger partial charge on any atom is 0.217 e. The van der Waals surface area contributed by atoms with Crippen molar-refractivity contribution in [2.24, 2.45) is 4.99 Å². The lowest BCUT2D eigenvalue weighted by Crippen LogP contribution is -2.12. The van der Waals surface area contributed by atoms with Crippen LogP contribution in [0, 0.1) is 0 Å². The van der Waals surface area contributed by atoms with Crippen molar-refractivity contribution >= 4 is 45.0 Å². The van der Waals surface area contributed by atoms with Gasteiger partial charge in [0.2, 0.25) is 5.90 Å². The second kappa shape index (κ2) is 4.78. The van der Waals surface area contributed by atoms with Crippen LogP contribution in [0.5, 0.6) is 0 Å². The molecule has 0 unspecified atom stereocenters. The first-order chi connectivity index (χ1) is 7.56. The van der Waals surface area contributed by atoms with E-state index in [9.17, 15) is 0 Å². The third-order valence-corrected chi connectivity index (χ3v) is 3.06. The molecule has 0 radical (unpaired) electrons. The minimum atomic E-state index is -0.118. The van der Waals surface area contributed by atoms with E-state index in [1.807, 2.05) is 0 Å². The van der Waals surface area contributed by atoms with Crippen LogP contribution in [0.4, 0.5) is 0 Å². The van der Waals surface area contributed by atoms with Crippen LogP contribution in [-0.4, -0.2) is 18.5 Å². The molecule has 0 amide bonds. The Morgan fingerprint density at radius 1 is 1.38 bits per heavy atom. The molecule has 1 atom stereocenters. The molecule has 1 aromatic carbocycles. The summed E-state index contributed by atoms with van der Waals surface area (Å²) >= 11 is 15.1. The molecule has 1 heterocycles. The van der Waals surface area contributed by atoms with Gasteiger partial charge in [0.05, 0.1) is 6.54 Å². The third kappa shape index (κ3) is 2.59. The van der Waals surface area contributed by atoms with Crippen molar-refractivity contribution in [1.29, 1.82) is 0 Å². The monoisotopic (exact) mass is 319 g/mol. The average Bonchev–Trinajstić information content (AvgIpc) is 2.64. The fourth-order valence-electron chi connectivity index (χ4n) is 1.37. The lowest BCUT2D eigenvalue weighted by Gasteiger charge is -2.09. The molecule has 0 aliphatic carbocycles. The van der Waals surface area contributed by atoms with Crippen LogP contribution in [0.2, 0.25) is 10.0 Å². The molecule has 0 aromatic heterocycles. The number of benzene rings is 1. The van der Waals surface area contributed by atoms with E-state index in [0.29, 0.717) is 22.5 Å². The number of rotatable bonds is 2. The van der Waals surface area contributed by atoms with Crippen molar-refractivity contribution in [3.8, 4) is 0 Å². The highest BCUT2D eigenvalue weighted by Crippen LogP contribution is 2.24. The standard InChI is InChI=1S/C11H8BrCl2NO/c1-6(12)10-5-15-11(16-10)7-2-8(13)4-9(14)3-7/h2-4,10H,1,5H2/t10-/m0/s1. The summed E-state index contributed by atoms with van der Waals surface area (Å²) in [7, 11) is 0. The smallest absolute Gasteiger partial charge is 0.217 e. The second-order valence-corrected chi connectivity index (χ2v) is 5.25. The lowest BCUT2D eigenvalue weighted by molar-refractivity contribution is 0.272. The molecule has 0 bridgehead atoms. The maximum absolute atomic E-state index is 5.91. The highest BCUT2D eigenvalue weighted by Gasteiger charge is 2.22. The molecule has 5 heteroatoms. The molecule has 84 valence electrons. The first-order valence-corrected chi connectivity index (χ1v) is 6.13. The van der Waals surface area contributed by atoms with Crippen molar-refractivity contribution in [2.45, 2.75) is 6.10 Å². The van der Waals surface area contributed by atoms with Gasteiger partial charge in [0.1, 0.15) is 0 Å². The summed E-state index contributed by atoms with van der Waals surface area (Å²) in [6.45, 7) is 4.33. The van der Waals surface area contributed by atoms with Gasteiger partial charge in [-0.2, -0.15) is 0 Å². The molecule has 0 N–H and O–H groups in total. The molecule has 16 heavy (non-hydrogen) atoms. The molecule has 0 fully saturated rings. The number of nitrogens with zero attached hydrogens (tertiary/aromatic N) is 1. The molecule has 1 aliphatic rings. The fourth-order valence-corrected chi connectivity index (χ4v) is 2.14. The summed E-state index contributed by atoms with van der Waals surface area (Å²) < 4.78 is 6.38. The van der Waals surface area contributed by atoms with Gasteiger partial charge in [0, 0.05) is 20.1 Å². The van der Waals surface area contributed by atoms with Crippen molar-refractivity contribution in [3.63, 3.8) is 0 Å². The van der Waals surface area contributed by atoms with Crippen LogP contribution in [0.3, 0.4) is 0 Å². The molecular weight excluding hydrogens is 313 g/mol. The highest BCUT2D eigenvalue weighted by molar-refractivity contribution is 9.11. The van der Waals surface area contributed by atoms with E-state index in [1.54, 1.807) is 18.2 Å². The average molecular weight is 321 g/mol. The van der Waals surface area contributed by atoms with Gasteiger partial charge in [0.25, 0.3) is 0 Å². The van der Waals surface area contributed by atoms with Crippen LogP contribution in [0.1, 0.15) is 5.56 Å². The van der Waals surface area contributed by atoms with E-state index in [2.05, 4.69) is 27.5 Å². The predicted octanol–water partition coefficient (Wildman–Crippen LogP) is 4.05. The lowest BCUT2D eigenvalue weighted by atomic mass is 10.2. The number of ether oxygens (including phenoxy) is 1. The second-order valence-electron chi connectivity index (χ2n) is 3.36. The SMILES string of the molecule is C=C(Br)[C@@H]1CN=C(c2cc(Cl)cc(Cl)c2)O1. The van der Waals surface area contributed by atoms with Crippen LogP contribution in [0.25, 0.3) is 0 Å². The summed E-state index contributed by atoms with van der Waals surface area (Å²) in [5.74, 6) is 0.551. The Labute approximate surface area is 112 Å². The Morgan fingerprint density at radius 2 is 2.00 bits per heavy atom. The van der Waals surface area contributed by atoms with Crippen LogP contribution >= 0.6 is 39.1 Å². The van der Waals surface area contributed by atoms with Gasteiger partial charge in [-0.05, 0) is 18.2 Å². The largest absolute Gasteiger partial charge is 0.467 e. The number of halogens is 3. The summed E-state index contributed by atoms with van der Waals surface area (Å²) in [5, 5.41) is 1.13. The normalized spacial score (nSPS) is 19.2. The quantitative estimate of drug-likeness (QED) is 0.805. The van der Waals surface area contributed by atoms with Gasteiger partial charge >= 0.3 is 0 Å². The molecule has 0 saturated carbocycles. The molecule has 2 rings (SSSR count). The van der Waals surface area contributed by atoms with Crippen LogP contribution in [-0.2, 0) is 4.74 Å².